The Labute approximate surface area is 175 Å². The largest absolute Gasteiger partial charge is 0.467 e. The smallest absolute Gasteiger partial charge is 0.320 e. The van der Waals surface area contributed by atoms with Gasteiger partial charge in [0, 0.05) is 24.2 Å². The van der Waals surface area contributed by atoms with Crippen molar-refractivity contribution in [3.63, 3.8) is 0 Å². The number of piperidine rings is 1. The van der Waals surface area contributed by atoms with Crippen molar-refractivity contribution in [1.82, 2.24) is 19.9 Å². The van der Waals surface area contributed by atoms with Crippen molar-refractivity contribution in [2.45, 2.75) is 18.8 Å². The molecule has 1 atom stereocenters. The third-order valence-corrected chi connectivity index (χ3v) is 5.74. The molecule has 1 aliphatic rings. The number of likely N-dealkylation sites (N-methyl/N-ethyl adjacent to an activating group) is 1. The van der Waals surface area contributed by atoms with Crippen LogP contribution in [-0.2, 0) is 0 Å². The number of ether oxygens (including phenoxy) is 2. The third-order valence-electron chi connectivity index (χ3n) is 5.74. The Hall–Kier alpha value is -3.25. The molecule has 1 fully saturated rings. The summed E-state index contributed by atoms with van der Waals surface area (Å²) in [7, 11) is 3.75. The van der Waals surface area contributed by atoms with Gasteiger partial charge in [-0.2, -0.15) is 9.97 Å². The van der Waals surface area contributed by atoms with E-state index < -0.39 is 0 Å². The molecule has 0 N–H and O–H groups in total. The van der Waals surface area contributed by atoms with Gasteiger partial charge in [-0.3, -0.25) is 4.98 Å². The van der Waals surface area contributed by atoms with Gasteiger partial charge < -0.3 is 14.4 Å². The van der Waals surface area contributed by atoms with Gasteiger partial charge in [0.05, 0.1) is 23.5 Å². The first kappa shape index (κ1) is 18.8. The van der Waals surface area contributed by atoms with Crippen LogP contribution in [0.5, 0.6) is 17.6 Å². The zero-order valence-electron chi connectivity index (χ0n) is 17.2. The molecule has 0 aliphatic carbocycles. The second-order valence-electron chi connectivity index (χ2n) is 7.82. The molecule has 3 heterocycles. The topological polar surface area (TPSA) is 60.4 Å². The van der Waals surface area contributed by atoms with E-state index in [2.05, 4.69) is 39.0 Å². The van der Waals surface area contributed by atoms with Crippen LogP contribution >= 0.6 is 0 Å². The SMILES string of the molecule is COc1nc(Oc2ccc3cccnc3c2)c2c(C3CCCN(C)C3)cccc2n1. The monoisotopic (exact) mass is 400 g/mol. The lowest BCUT2D eigenvalue weighted by atomic mass is 9.88. The summed E-state index contributed by atoms with van der Waals surface area (Å²) >= 11 is 0. The van der Waals surface area contributed by atoms with E-state index in [9.17, 15) is 0 Å². The van der Waals surface area contributed by atoms with Crippen LogP contribution in [0.4, 0.5) is 0 Å². The second kappa shape index (κ2) is 7.88. The van der Waals surface area contributed by atoms with E-state index in [-0.39, 0.29) is 0 Å². The Kier molecular flexibility index (Phi) is 4.93. The van der Waals surface area contributed by atoms with Gasteiger partial charge >= 0.3 is 6.01 Å². The highest BCUT2D eigenvalue weighted by Crippen LogP contribution is 2.38. The molecule has 6 nitrogen and oxygen atoms in total. The first-order valence-corrected chi connectivity index (χ1v) is 10.3. The molecule has 2 aromatic heterocycles. The summed E-state index contributed by atoms with van der Waals surface area (Å²) in [5.41, 5.74) is 2.95. The van der Waals surface area contributed by atoms with Crippen molar-refractivity contribution in [2.24, 2.45) is 0 Å². The number of fused-ring (bicyclic) bond motifs is 2. The molecule has 0 spiro atoms. The first-order chi connectivity index (χ1) is 14.7. The standard InChI is InChI=1S/C24H24N4O2/c1-28-13-5-7-17(15-28)19-8-3-9-20-22(19)23(27-24(26-20)29-2)30-18-11-10-16-6-4-12-25-21(16)14-18/h3-4,6,8-12,14,17H,5,7,13,15H2,1-2H3. The lowest BCUT2D eigenvalue weighted by molar-refractivity contribution is 0.251. The number of hydrogen-bond donors (Lipinski definition) is 0. The molecule has 152 valence electrons. The molecular weight excluding hydrogens is 376 g/mol. The fourth-order valence-corrected chi connectivity index (χ4v) is 4.30. The molecule has 6 heteroatoms. The van der Waals surface area contributed by atoms with E-state index in [1.807, 2.05) is 36.4 Å². The molecule has 0 saturated carbocycles. The van der Waals surface area contributed by atoms with Crippen LogP contribution < -0.4 is 9.47 Å². The van der Waals surface area contributed by atoms with E-state index in [0.717, 1.165) is 41.3 Å². The van der Waals surface area contributed by atoms with Crippen LogP contribution in [0.3, 0.4) is 0 Å². The van der Waals surface area contributed by atoms with Crippen LogP contribution in [0.2, 0.25) is 0 Å². The number of methoxy groups -OCH3 is 1. The maximum Gasteiger partial charge on any atom is 0.320 e. The van der Waals surface area contributed by atoms with Crippen LogP contribution in [0, 0.1) is 0 Å². The van der Waals surface area contributed by atoms with Gasteiger partial charge in [-0.1, -0.05) is 18.2 Å². The van der Waals surface area contributed by atoms with Crippen LogP contribution in [0.15, 0.2) is 54.7 Å². The number of rotatable bonds is 4. The van der Waals surface area contributed by atoms with Gasteiger partial charge in [0.25, 0.3) is 0 Å². The summed E-state index contributed by atoms with van der Waals surface area (Å²) in [5.74, 6) is 1.64. The minimum atomic E-state index is 0.300. The summed E-state index contributed by atoms with van der Waals surface area (Å²) in [5, 5.41) is 2.03. The second-order valence-corrected chi connectivity index (χ2v) is 7.82. The Morgan fingerprint density at radius 3 is 2.83 bits per heavy atom. The summed E-state index contributed by atoms with van der Waals surface area (Å²) in [6.45, 7) is 2.16. The third kappa shape index (κ3) is 3.55. The molecule has 5 rings (SSSR count). The zero-order chi connectivity index (χ0) is 20.5. The molecule has 0 radical (unpaired) electrons. The minimum Gasteiger partial charge on any atom is -0.467 e. The van der Waals surface area contributed by atoms with E-state index in [1.165, 1.54) is 12.0 Å². The Balaban J connectivity index is 1.63. The maximum atomic E-state index is 6.32. The molecule has 2 aromatic carbocycles. The summed E-state index contributed by atoms with van der Waals surface area (Å²) in [4.78, 5) is 16.0. The number of aromatic nitrogens is 3. The van der Waals surface area contributed by atoms with Crippen molar-refractivity contribution < 1.29 is 9.47 Å². The van der Waals surface area contributed by atoms with Gasteiger partial charge in [-0.25, -0.2) is 0 Å². The molecule has 1 unspecified atom stereocenters. The summed E-state index contributed by atoms with van der Waals surface area (Å²) in [6, 6.07) is 16.4. The summed E-state index contributed by atoms with van der Waals surface area (Å²) in [6.07, 6.45) is 4.11. The van der Waals surface area contributed by atoms with Gasteiger partial charge in [-0.05, 0) is 62.2 Å². The molecule has 1 aliphatic heterocycles. The van der Waals surface area contributed by atoms with Crippen LogP contribution in [0.1, 0.15) is 24.3 Å². The fourth-order valence-electron chi connectivity index (χ4n) is 4.30. The van der Waals surface area contributed by atoms with Gasteiger partial charge in [0.15, 0.2) is 0 Å². The van der Waals surface area contributed by atoms with Crippen molar-refractivity contribution in [2.75, 3.05) is 27.2 Å². The maximum absolute atomic E-state index is 6.32. The van der Waals surface area contributed by atoms with E-state index in [0.29, 0.717) is 23.6 Å². The zero-order valence-corrected chi connectivity index (χ0v) is 17.2. The molecular formula is C24H24N4O2. The molecule has 0 bridgehead atoms. The average molecular weight is 400 g/mol. The van der Waals surface area contributed by atoms with Crippen molar-refractivity contribution in [1.29, 1.82) is 0 Å². The normalized spacial score (nSPS) is 17.3. The first-order valence-electron chi connectivity index (χ1n) is 10.3. The van der Waals surface area contributed by atoms with Gasteiger partial charge in [0.1, 0.15) is 5.75 Å². The molecule has 1 saturated heterocycles. The number of pyridine rings is 1. The van der Waals surface area contributed by atoms with Crippen molar-refractivity contribution >= 4 is 21.8 Å². The van der Waals surface area contributed by atoms with E-state index in [4.69, 9.17) is 9.47 Å². The molecule has 4 aromatic rings. The Morgan fingerprint density at radius 1 is 1.03 bits per heavy atom. The minimum absolute atomic E-state index is 0.300. The average Bonchev–Trinajstić information content (AvgIpc) is 2.78. The van der Waals surface area contributed by atoms with Crippen molar-refractivity contribution in [3.8, 4) is 17.6 Å². The fraction of sp³-hybridized carbons (Fsp3) is 0.292. The number of hydrogen-bond acceptors (Lipinski definition) is 6. The van der Waals surface area contributed by atoms with Gasteiger partial charge in [-0.15, -0.1) is 0 Å². The van der Waals surface area contributed by atoms with Crippen LogP contribution in [-0.4, -0.2) is 47.1 Å². The van der Waals surface area contributed by atoms with Crippen molar-refractivity contribution in [3.05, 3.63) is 60.3 Å². The quantitative estimate of drug-likeness (QED) is 0.491. The predicted molar refractivity (Wildman–Crippen MR) is 117 cm³/mol. The highest BCUT2D eigenvalue weighted by Gasteiger charge is 2.24. The summed E-state index contributed by atoms with van der Waals surface area (Å²) < 4.78 is 11.7. The van der Waals surface area contributed by atoms with E-state index in [1.54, 1.807) is 13.3 Å². The number of nitrogens with zero attached hydrogens (tertiary/aromatic N) is 4. The number of likely N-dealkylation sites (tertiary alicyclic amines) is 1. The predicted octanol–water partition coefficient (Wildman–Crippen LogP) is 4.79. The van der Waals surface area contributed by atoms with Gasteiger partial charge in [0.2, 0.25) is 5.88 Å². The lowest BCUT2D eigenvalue weighted by Gasteiger charge is -2.30. The van der Waals surface area contributed by atoms with Crippen LogP contribution in [0.25, 0.3) is 21.8 Å². The molecule has 30 heavy (non-hydrogen) atoms. The molecule has 0 amide bonds. The Morgan fingerprint density at radius 2 is 1.97 bits per heavy atom. The van der Waals surface area contributed by atoms with E-state index >= 15 is 0 Å². The lowest BCUT2D eigenvalue weighted by Crippen LogP contribution is -2.30. The Bertz CT molecular complexity index is 1210. The number of benzene rings is 2. The highest BCUT2D eigenvalue weighted by atomic mass is 16.5. The highest BCUT2D eigenvalue weighted by molar-refractivity contribution is 5.88.